The van der Waals surface area contributed by atoms with E-state index in [4.69, 9.17) is 4.74 Å². The number of aryl methyl sites for hydroxylation is 1. The minimum absolute atomic E-state index is 0.0701. The number of rotatable bonds is 6. The summed E-state index contributed by atoms with van der Waals surface area (Å²) in [5.74, 6) is -0.459. The van der Waals surface area contributed by atoms with Gasteiger partial charge in [0.25, 0.3) is 5.91 Å². The van der Waals surface area contributed by atoms with Crippen molar-refractivity contribution >= 4 is 39.9 Å². The molecule has 5 rings (SSSR count). The number of carbonyl (C=O) groups is 3. The number of morpholine rings is 1. The minimum atomic E-state index is -1.04. The van der Waals surface area contributed by atoms with Crippen molar-refractivity contribution in [1.29, 1.82) is 0 Å². The van der Waals surface area contributed by atoms with Gasteiger partial charge in [0, 0.05) is 42.3 Å². The molecule has 1 aromatic carbocycles. The number of hydrogen-bond donors (Lipinski definition) is 2. The number of ether oxygens (including phenoxy) is 1. The van der Waals surface area contributed by atoms with Gasteiger partial charge in [-0.2, -0.15) is 4.73 Å². The Morgan fingerprint density at radius 1 is 1.09 bits per heavy atom. The highest BCUT2D eigenvalue weighted by Gasteiger charge is 2.44. The number of nitrogens with zero attached hydrogens (tertiary/aromatic N) is 4. The number of hydroxylamine groups is 3. The molecule has 0 spiro atoms. The molecule has 0 aliphatic carbocycles. The Morgan fingerprint density at radius 2 is 1.79 bits per heavy atom. The zero-order valence-electron chi connectivity index (χ0n) is 28.1. The van der Waals surface area contributed by atoms with Gasteiger partial charge in [0.15, 0.2) is 12.7 Å². The third kappa shape index (κ3) is 7.28. The second kappa shape index (κ2) is 12.9. The van der Waals surface area contributed by atoms with E-state index in [9.17, 15) is 24.8 Å². The molecular weight excluding hydrogens is 620 g/mol. The zero-order valence-corrected chi connectivity index (χ0v) is 29.0. The fourth-order valence-corrected chi connectivity index (χ4v) is 7.03. The van der Waals surface area contributed by atoms with E-state index in [0.29, 0.717) is 66.9 Å². The van der Waals surface area contributed by atoms with Crippen molar-refractivity contribution in [3.05, 3.63) is 74.7 Å². The lowest BCUT2D eigenvalue weighted by Gasteiger charge is -2.44. The molecule has 2 N–H and O–H groups in total. The summed E-state index contributed by atoms with van der Waals surface area (Å²) in [6.07, 6.45) is 1.45. The van der Waals surface area contributed by atoms with Gasteiger partial charge in [-0.1, -0.05) is 26.8 Å². The molecule has 2 aromatic heterocycles. The van der Waals surface area contributed by atoms with Crippen LogP contribution in [0.2, 0.25) is 0 Å². The first-order valence-corrected chi connectivity index (χ1v) is 16.6. The van der Waals surface area contributed by atoms with E-state index in [1.807, 2.05) is 45.9 Å². The standard InChI is InChI=1S/C34H44N6O6S/c1-22-8-10-24(18-26(22)23-9-11-25(39(44)20-23)21-40(45)14-16-46-17-15-40)35-32(43)36-29-27(19-28(47-29)33(2,3)4)30(41)38-13-12-37(7)31(42)34(38,5)6/h8-11,18-20H,12-17,21H2,1-7H3,(H2,35,36,43). The Labute approximate surface area is 279 Å². The smallest absolute Gasteiger partial charge is 0.324 e. The predicted molar refractivity (Wildman–Crippen MR) is 182 cm³/mol. The molecule has 0 atom stereocenters. The van der Waals surface area contributed by atoms with Crippen LogP contribution in [0.15, 0.2) is 42.6 Å². The van der Waals surface area contributed by atoms with Gasteiger partial charge < -0.3 is 34.9 Å². The molecule has 3 aromatic rings. The number of quaternary nitrogens is 1. The van der Waals surface area contributed by atoms with Crippen molar-refractivity contribution in [2.24, 2.45) is 0 Å². The summed E-state index contributed by atoms with van der Waals surface area (Å²) >= 11 is 1.33. The van der Waals surface area contributed by atoms with Crippen molar-refractivity contribution in [1.82, 2.24) is 9.80 Å². The molecule has 2 aliphatic rings. The number of aromatic nitrogens is 1. The topological polar surface area (TPSA) is 141 Å². The van der Waals surface area contributed by atoms with Crippen molar-refractivity contribution in [3.63, 3.8) is 0 Å². The normalized spacial score (nSPS) is 17.8. The van der Waals surface area contributed by atoms with Crippen molar-refractivity contribution in [2.75, 3.05) is 57.1 Å². The van der Waals surface area contributed by atoms with Crippen LogP contribution in [-0.2, 0) is 21.5 Å². The molecule has 4 heterocycles. The quantitative estimate of drug-likeness (QED) is 0.220. The highest BCUT2D eigenvalue weighted by molar-refractivity contribution is 7.16. The minimum Gasteiger partial charge on any atom is -0.632 e. The number of anilines is 2. The first-order valence-electron chi connectivity index (χ1n) is 15.8. The molecule has 252 valence electrons. The van der Waals surface area contributed by atoms with Crippen LogP contribution in [-0.4, -0.2) is 84.3 Å². The first-order chi connectivity index (χ1) is 22.0. The zero-order chi connectivity index (χ0) is 34.3. The number of nitrogens with one attached hydrogen (secondary N) is 2. The third-order valence-corrected chi connectivity index (χ3v) is 10.4. The van der Waals surface area contributed by atoms with E-state index < -0.39 is 16.2 Å². The summed E-state index contributed by atoms with van der Waals surface area (Å²) in [6, 6.07) is 10.2. The van der Waals surface area contributed by atoms with Crippen LogP contribution in [0.4, 0.5) is 15.5 Å². The Bertz CT molecular complexity index is 1690. The first kappa shape index (κ1) is 34.3. The maximum absolute atomic E-state index is 13.9. The molecule has 0 saturated carbocycles. The van der Waals surface area contributed by atoms with Gasteiger partial charge in [-0.15, -0.1) is 11.3 Å². The van der Waals surface area contributed by atoms with Gasteiger partial charge in [0.1, 0.15) is 23.6 Å². The molecule has 2 aliphatic heterocycles. The van der Waals surface area contributed by atoms with Crippen LogP contribution in [0.1, 0.15) is 61.1 Å². The van der Waals surface area contributed by atoms with Crippen LogP contribution < -0.4 is 15.4 Å². The van der Waals surface area contributed by atoms with E-state index in [1.54, 1.807) is 48.9 Å². The lowest BCUT2D eigenvalue weighted by atomic mass is 9.93. The maximum atomic E-state index is 13.9. The summed E-state index contributed by atoms with van der Waals surface area (Å²) < 4.78 is 5.55. The number of piperazine rings is 1. The number of carbonyl (C=O) groups excluding carboxylic acids is 3. The lowest BCUT2D eigenvalue weighted by Crippen LogP contribution is -2.63. The Kier molecular flexibility index (Phi) is 9.39. The molecule has 47 heavy (non-hydrogen) atoms. The van der Waals surface area contributed by atoms with Gasteiger partial charge in [0.05, 0.1) is 18.8 Å². The number of likely N-dealkylation sites (N-methyl/N-ethyl adjacent to an activating group) is 1. The molecule has 0 radical (unpaired) electrons. The predicted octanol–water partition coefficient (Wildman–Crippen LogP) is 4.84. The average Bonchev–Trinajstić information content (AvgIpc) is 3.42. The molecule has 12 nitrogen and oxygen atoms in total. The number of thiophene rings is 1. The summed E-state index contributed by atoms with van der Waals surface area (Å²) in [5, 5.41) is 32.1. The largest absolute Gasteiger partial charge is 0.632 e. The van der Waals surface area contributed by atoms with Crippen LogP contribution in [0.25, 0.3) is 11.1 Å². The number of benzene rings is 1. The summed E-state index contributed by atoms with van der Waals surface area (Å²) in [6.45, 7) is 13.7. The van der Waals surface area contributed by atoms with E-state index in [1.165, 1.54) is 17.5 Å². The summed E-state index contributed by atoms with van der Waals surface area (Å²) in [4.78, 5) is 44.3. The monoisotopic (exact) mass is 664 g/mol. The fourth-order valence-electron chi connectivity index (χ4n) is 5.93. The average molecular weight is 665 g/mol. The second-order valence-electron chi connectivity index (χ2n) is 14.0. The van der Waals surface area contributed by atoms with E-state index >= 15 is 0 Å². The van der Waals surface area contributed by atoms with E-state index in [-0.39, 0.29) is 23.8 Å². The molecule has 2 fully saturated rings. The van der Waals surface area contributed by atoms with Crippen LogP contribution >= 0.6 is 11.3 Å². The van der Waals surface area contributed by atoms with Crippen molar-refractivity contribution < 1.29 is 28.5 Å². The molecule has 0 unspecified atom stereocenters. The van der Waals surface area contributed by atoms with Gasteiger partial charge >= 0.3 is 6.03 Å². The van der Waals surface area contributed by atoms with Crippen LogP contribution in [0, 0.1) is 17.3 Å². The van der Waals surface area contributed by atoms with Gasteiger partial charge in [0.2, 0.25) is 11.6 Å². The van der Waals surface area contributed by atoms with Crippen LogP contribution in [0.5, 0.6) is 0 Å². The Morgan fingerprint density at radius 3 is 2.45 bits per heavy atom. The Hall–Kier alpha value is -4.04. The van der Waals surface area contributed by atoms with E-state index in [2.05, 4.69) is 10.6 Å². The van der Waals surface area contributed by atoms with Gasteiger partial charge in [-0.05, 0) is 61.6 Å². The molecule has 13 heteroatoms. The molecule has 0 bridgehead atoms. The number of pyridine rings is 1. The maximum Gasteiger partial charge on any atom is 0.324 e. The number of urea groups is 1. The van der Waals surface area contributed by atoms with Crippen molar-refractivity contribution in [2.45, 2.75) is 59.0 Å². The highest BCUT2D eigenvalue weighted by atomic mass is 32.1. The summed E-state index contributed by atoms with van der Waals surface area (Å²) in [7, 11) is 1.73. The van der Waals surface area contributed by atoms with Gasteiger partial charge in [-0.25, -0.2) is 4.79 Å². The highest BCUT2D eigenvalue weighted by Crippen LogP contribution is 2.38. The third-order valence-electron chi connectivity index (χ3n) is 8.92. The fraction of sp³-hybridized carbons (Fsp3) is 0.471. The van der Waals surface area contributed by atoms with E-state index in [0.717, 1.165) is 20.7 Å². The number of hydrogen-bond acceptors (Lipinski definition) is 7. The lowest BCUT2D eigenvalue weighted by molar-refractivity contribution is -0.908. The van der Waals surface area contributed by atoms with Gasteiger partial charge in [-0.3, -0.25) is 14.9 Å². The van der Waals surface area contributed by atoms with Crippen LogP contribution in [0.3, 0.4) is 0 Å². The SMILES string of the molecule is Cc1ccc(NC(=O)Nc2sc(C(C)(C)C)cc2C(=O)N2CCN(C)C(=O)C2(C)C)cc1-c1ccc(C[N+]2([O-])CCOCC2)[n+]([O-])c1. The molecule has 2 saturated heterocycles. The van der Waals surface area contributed by atoms with Crippen molar-refractivity contribution in [3.8, 4) is 11.1 Å². The summed E-state index contributed by atoms with van der Waals surface area (Å²) in [5.41, 5.74) is 2.20. The Balaban J connectivity index is 1.36. The second-order valence-corrected chi connectivity index (χ2v) is 15.0. The molecular formula is C34H44N6O6S. The number of amides is 4. The molecule has 4 amide bonds.